The van der Waals surface area contributed by atoms with Gasteiger partial charge in [-0.3, -0.25) is 4.98 Å². The van der Waals surface area contributed by atoms with Gasteiger partial charge in [-0.2, -0.15) is 4.98 Å². The topological polar surface area (TPSA) is 64.3 Å². The van der Waals surface area contributed by atoms with Gasteiger partial charge in [0.25, 0.3) is 0 Å². The molecule has 2 aromatic heterocycles. The summed E-state index contributed by atoms with van der Waals surface area (Å²) >= 11 is 6.08. The van der Waals surface area contributed by atoms with Crippen LogP contribution in [0.15, 0.2) is 16.9 Å². The summed E-state index contributed by atoms with van der Waals surface area (Å²) in [7, 11) is 0. The number of halogens is 2. The highest BCUT2D eigenvalue weighted by molar-refractivity contribution is 6.33. The quantitative estimate of drug-likeness (QED) is 0.865. The third kappa shape index (κ3) is 2.55. The SMILES string of the molecule is Fc1cncc(Cl)c1N1CCOC(c2noc(C3CC3)n2)C1. The molecule has 0 amide bonds. The predicted molar refractivity (Wildman–Crippen MR) is 76.4 cm³/mol. The van der Waals surface area contributed by atoms with Crippen molar-refractivity contribution >= 4 is 17.3 Å². The predicted octanol–water partition coefficient (Wildman–Crippen LogP) is 2.71. The number of ether oxygens (including phenoxy) is 1. The molecule has 1 aliphatic carbocycles. The zero-order chi connectivity index (χ0) is 15.1. The summed E-state index contributed by atoms with van der Waals surface area (Å²) in [6.07, 6.45) is 4.43. The van der Waals surface area contributed by atoms with E-state index in [4.69, 9.17) is 20.9 Å². The molecule has 1 saturated carbocycles. The zero-order valence-electron chi connectivity index (χ0n) is 11.7. The summed E-state index contributed by atoms with van der Waals surface area (Å²) in [5, 5.41) is 4.28. The van der Waals surface area contributed by atoms with Crippen molar-refractivity contribution in [3.8, 4) is 0 Å². The smallest absolute Gasteiger partial charge is 0.229 e. The molecule has 3 heterocycles. The van der Waals surface area contributed by atoms with Crippen LogP contribution in [-0.2, 0) is 4.74 Å². The summed E-state index contributed by atoms with van der Waals surface area (Å²) < 4.78 is 25.0. The fraction of sp³-hybridized carbons (Fsp3) is 0.500. The molecule has 1 aliphatic heterocycles. The fourth-order valence-electron chi connectivity index (χ4n) is 2.59. The molecule has 4 rings (SSSR count). The second-order valence-electron chi connectivity index (χ2n) is 5.52. The first-order valence-corrected chi connectivity index (χ1v) is 7.59. The van der Waals surface area contributed by atoms with Gasteiger partial charge in [-0.1, -0.05) is 16.8 Å². The van der Waals surface area contributed by atoms with Gasteiger partial charge in [0, 0.05) is 18.7 Å². The lowest BCUT2D eigenvalue weighted by molar-refractivity contribution is 0.0324. The standard InChI is InChI=1S/C14H14ClFN4O2/c15-9-5-17-6-10(16)12(9)20-3-4-21-11(7-20)13-18-14(22-19-13)8-1-2-8/h5-6,8,11H,1-4,7H2. The number of anilines is 1. The van der Waals surface area contributed by atoms with Gasteiger partial charge < -0.3 is 14.2 Å². The van der Waals surface area contributed by atoms with Gasteiger partial charge in [0.2, 0.25) is 11.7 Å². The van der Waals surface area contributed by atoms with E-state index < -0.39 is 5.82 Å². The van der Waals surface area contributed by atoms with Gasteiger partial charge in [0.1, 0.15) is 6.10 Å². The first kappa shape index (κ1) is 13.9. The molecule has 2 aromatic rings. The zero-order valence-corrected chi connectivity index (χ0v) is 12.5. The second-order valence-corrected chi connectivity index (χ2v) is 5.93. The Balaban J connectivity index is 1.56. The molecule has 2 fully saturated rings. The maximum absolute atomic E-state index is 14.0. The highest BCUT2D eigenvalue weighted by atomic mass is 35.5. The minimum Gasteiger partial charge on any atom is -0.366 e. The first-order valence-electron chi connectivity index (χ1n) is 7.21. The lowest BCUT2D eigenvalue weighted by atomic mass is 10.2. The first-order chi connectivity index (χ1) is 10.7. The summed E-state index contributed by atoms with van der Waals surface area (Å²) in [5.41, 5.74) is 0.343. The number of hydrogen-bond donors (Lipinski definition) is 0. The third-order valence-electron chi connectivity index (χ3n) is 3.88. The van der Waals surface area contributed by atoms with Gasteiger partial charge >= 0.3 is 0 Å². The van der Waals surface area contributed by atoms with Gasteiger partial charge in [-0.15, -0.1) is 0 Å². The maximum atomic E-state index is 14.0. The molecule has 0 bridgehead atoms. The molecule has 0 N–H and O–H groups in total. The Hall–Kier alpha value is -1.73. The van der Waals surface area contributed by atoms with Crippen LogP contribution in [0.3, 0.4) is 0 Å². The van der Waals surface area contributed by atoms with Crippen LogP contribution in [0.2, 0.25) is 5.02 Å². The highest BCUT2D eigenvalue weighted by Crippen LogP contribution is 2.39. The Morgan fingerprint density at radius 3 is 2.95 bits per heavy atom. The molecule has 1 unspecified atom stereocenters. The van der Waals surface area contributed by atoms with Crippen molar-refractivity contribution in [3.05, 3.63) is 34.9 Å². The van der Waals surface area contributed by atoms with E-state index in [1.807, 2.05) is 4.90 Å². The van der Waals surface area contributed by atoms with E-state index in [1.165, 1.54) is 6.20 Å². The van der Waals surface area contributed by atoms with Gasteiger partial charge in [-0.05, 0) is 12.8 Å². The van der Waals surface area contributed by atoms with Crippen LogP contribution in [0.1, 0.15) is 36.6 Å². The van der Waals surface area contributed by atoms with E-state index in [2.05, 4.69) is 15.1 Å². The Bertz CT molecular complexity index is 671. The van der Waals surface area contributed by atoms with Crippen LogP contribution in [0.5, 0.6) is 0 Å². The van der Waals surface area contributed by atoms with Crippen LogP contribution in [0, 0.1) is 5.82 Å². The normalized spacial score (nSPS) is 22.1. The third-order valence-corrected chi connectivity index (χ3v) is 4.16. The molecular weight excluding hydrogens is 311 g/mol. The van der Waals surface area contributed by atoms with Gasteiger partial charge in [0.15, 0.2) is 5.82 Å². The van der Waals surface area contributed by atoms with Crippen molar-refractivity contribution in [1.29, 1.82) is 0 Å². The van der Waals surface area contributed by atoms with Crippen LogP contribution < -0.4 is 4.90 Å². The average molecular weight is 325 g/mol. The fourth-order valence-corrected chi connectivity index (χ4v) is 2.86. The molecule has 0 spiro atoms. The molecule has 22 heavy (non-hydrogen) atoms. The molecule has 6 nitrogen and oxygen atoms in total. The van der Waals surface area contributed by atoms with Crippen molar-refractivity contribution in [1.82, 2.24) is 15.1 Å². The number of morpholine rings is 1. The van der Waals surface area contributed by atoms with Crippen LogP contribution >= 0.6 is 11.6 Å². The molecule has 0 aromatic carbocycles. The monoisotopic (exact) mass is 324 g/mol. The van der Waals surface area contributed by atoms with E-state index >= 15 is 0 Å². The summed E-state index contributed by atoms with van der Waals surface area (Å²) in [5.74, 6) is 1.13. The minimum absolute atomic E-state index is 0.285. The van der Waals surface area contributed by atoms with E-state index in [-0.39, 0.29) is 11.1 Å². The molecule has 1 saturated heterocycles. The summed E-state index contributed by atoms with van der Waals surface area (Å²) in [6.45, 7) is 1.41. The summed E-state index contributed by atoms with van der Waals surface area (Å²) in [4.78, 5) is 9.98. The average Bonchev–Trinajstić information content (AvgIpc) is 3.25. The Morgan fingerprint density at radius 1 is 1.32 bits per heavy atom. The number of rotatable bonds is 3. The number of aromatic nitrogens is 3. The van der Waals surface area contributed by atoms with E-state index in [1.54, 1.807) is 0 Å². The van der Waals surface area contributed by atoms with Crippen molar-refractivity contribution < 1.29 is 13.7 Å². The van der Waals surface area contributed by atoms with Gasteiger partial charge in [0.05, 0.1) is 30.1 Å². The van der Waals surface area contributed by atoms with Gasteiger partial charge in [-0.25, -0.2) is 4.39 Å². The Kier molecular flexibility index (Phi) is 3.46. The van der Waals surface area contributed by atoms with Crippen molar-refractivity contribution in [2.45, 2.75) is 24.9 Å². The van der Waals surface area contributed by atoms with Crippen LogP contribution in [0.4, 0.5) is 10.1 Å². The maximum Gasteiger partial charge on any atom is 0.229 e. The summed E-state index contributed by atoms with van der Waals surface area (Å²) in [6, 6.07) is 0. The number of pyridine rings is 1. The number of hydrogen-bond acceptors (Lipinski definition) is 6. The molecule has 2 aliphatic rings. The molecule has 116 valence electrons. The Labute approximate surface area is 131 Å². The minimum atomic E-state index is -0.445. The van der Waals surface area contributed by atoms with Crippen molar-refractivity contribution in [2.75, 3.05) is 24.6 Å². The number of nitrogens with zero attached hydrogens (tertiary/aromatic N) is 4. The van der Waals surface area contributed by atoms with E-state index in [0.29, 0.717) is 43.0 Å². The highest BCUT2D eigenvalue weighted by Gasteiger charge is 2.33. The Morgan fingerprint density at radius 2 is 2.18 bits per heavy atom. The van der Waals surface area contributed by atoms with Crippen molar-refractivity contribution in [2.24, 2.45) is 0 Å². The lowest BCUT2D eigenvalue weighted by Gasteiger charge is -2.33. The molecule has 0 radical (unpaired) electrons. The molecule has 1 atom stereocenters. The largest absolute Gasteiger partial charge is 0.366 e. The van der Waals surface area contributed by atoms with Crippen molar-refractivity contribution in [3.63, 3.8) is 0 Å². The van der Waals surface area contributed by atoms with Crippen LogP contribution in [-0.4, -0.2) is 34.8 Å². The molecular formula is C14H14ClFN4O2. The van der Waals surface area contributed by atoms with E-state index in [0.717, 1.165) is 19.0 Å². The second kappa shape index (κ2) is 5.48. The van der Waals surface area contributed by atoms with Crippen LogP contribution in [0.25, 0.3) is 0 Å². The molecule has 8 heteroatoms. The van der Waals surface area contributed by atoms with E-state index in [9.17, 15) is 4.39 Å². The lowest BCUT2D eigenvalue weighted by Crippen LogP contribution is -2.39.